The maximum Gasteiger partial charge on any atom is 0.0456 e. The molecule has 0 saturated carbocycles. The molecule has 0 saturated heterocycles. The Hall–Kier alpha value is -2.02. The molecule has 2 aromatic rings. The number of hydrogen-bond acceptors (Lipinski definition) is 1. The second-order valence-corrected chi connectivity index (χ2v) is 5.45. The Morgan fingerprint density at radius 1 is 0.789 bits per heavy atom. The van der Waals surface area contributed by atoms with Crippen molar-refractivity contribution >= 4 is 11.4 Å². The SMILES string of the molecule is c1ccc2c(c1)CC1=C(N2)c2ccccc2CCC1. The van der Waals surface area contributed by atoms with E-state index in [1.165, 1.54) is 47.3 Å². The van der Waals surface area contributed by atoms with E-state index in [0.717, 1.165) is 6.42 Å². The molecule has 2 aromatic carbocycles. The first-order chi connectivity index (χ1) is 9.42. The summed E-state index contributed by atoms with van der Waals surface area (Å²) in [4.78, 5) is 0. The summed E-state index contributed by atoms with van der Waals surface area (Å²) >= 11 is 0. The molecule has 1 nitrogen and oxygen atoms in total. The van der Waals surface area contributed by atoms with Gasteiger partial charge in [0.1, 0.15) is 0 Å². The third kappa shape index (κ3) is 1.77. The van der Waals surface area contributed by atoms with Gasteiger partial charge in [0.25, 0.3) is 0 Å². The Kier molecular flexibility index (Phi) is 2.44. The fourth-order valence-electron chi connectivity index (χ4n) is 3.28. The number of nitrogens with one attached hydrogen (secondary N) is 1. The molecule has 0 unspecified atom stereocenters. The van der Waals surface area contributed by atoms with Crippen LogP contribution in [-0.4, -0.2) is 0 Å². The Morgan fingerprint density at radius 3 is 2.53 bits per heavy atom. The van der Waals surface area contributed by atoms with Gasteiger partial charge < -0.3 is 5.32 Å². The Labute approximate surface area is 114 Å². The van der Waals surface area contributed by atoms with Crippen molar-refractivity contribution in [3.8, 4) is 0 Å². The Balaban J connectivity index is 1.86. The molecule has 1 N–H and O–H groups in total. The van der Waals surface area contributed by atoms with Gasteiger partial charge in [0, 0.05) is 16.9 Å². The van der Waals surface area contributed by atoms with Gasteiger partial charge in [-0.15, -0.1) is 0 Å². The summed E-state index contributed by atoms with van der Waals surface area (Å²) in [5.74, 6) is 0. The van der Waals surface area contributed by atoms with Gasteiger partial charge in [-0.25, -0.2) is 0 Å². The number of hydrogen-bond donors (Lipinski definition) is 1. The minimum atomic E-state index is 1.10. The number of fused-ring (bicyclic) bond motifs is 3. The molecule has 19 heavy (non-hydrogen) atoms. The maximum absolute atomic E-state index is 3.67. The van der Waals surface area contributed by atoms with Crippen molar-refractivity contribution in [1.29, 1.82) is 0 Å². The first-order valence-corrected chi connectivity index (χ1v) is 7.07. The molecule has 1 aliphatic heterocycles. The zero-order valence-electron chi connectivity index (χ0n) is 10.9. The number of aryl methyl sites for hydroxylation is 1. The molecule has 1 heterocycles. The van der Waals surface area contributed by atoms with E-state index in [9.17, 15) is 0 Å². The molecule has 4 rings (SSSR count). The summed E-state index contributed by atoms with van der Waals surface area (Å²) in [7, 11) is 0. The van der Waals surface area contributed by atoms with Gasteiger partial charge >= 0.3 is 0 Å². The van der Waals surface area contributed by atoms with Crippen molar-refractivity contribution in [3.05, 3.63) is 70.8 Å². The number of benzene rings is 2. The van der Waals surface area contributed by atoms with E-state index < -0.39 is 0 Å². The molecule has 0 bridgehead atoms. The van der Waals surface area contributed by atoms with Crippen molar-refractivity contribution in [3.63, 3.8) is 0 Å². The van der Waals surface area contributed by atoms with Gasteiger partial charge in [0.2, 0.25) is 0 Å². The summed E-state index contributed by atoms with van der Waals surface area (Å²) in [6, 6.07) is 17.5. The summed E-state index contributed by atoms with van der Waals surface area (Å²) in [5.41, 5.74) is 8.54. The zero-order chi connectivity index (χ0) is 12.7. The van der Waals surface area contributed by atoms with Crippen LogP contribution in [0.4, 0.5) is 5.69 Å². The third-order valence-corrected chi connectivity index (χ3v) is 4.25. The number of anilines is 1. The van der Waals surface area contributed by atoms with Crippen LogP contribution in [0.5, 0.6) is 0 Å². The fourth-order valence-corrected chi connectivity index (χ4v) is 3.28. The van der Waals surface area contributed by atoms with E-state index in [2.05, 4.69) is 53.8 Å². The van der Waals surface area contributed by atoms with Crippen LogP contribution in [0.1, 0.15) is 29.5 Å². The van der Waals surface area contributed by atoms with E-state index in [-0.39, 0.29) is 0 Å². The first-order valence-electron chi connectivity index (χ1n) is 7.07. The summed E-state index contributed by atoms with van der Waals surface area (Å²) in [6.07, 6.45) is 4.78. The molecule has 0 fully saturated rings. The summed E-state index contributed by atoms with van der Waals surface area (Å²) in [5, 5.41) is 3.67. The average molecular weight is 247 g/mol. The minimum Gasteiger partial charge on any atom is -0.355 e. The van der Waals surface area contributed by atoms with Crippen molar-refractivity contribution < 1.29 is 0 Å². The van der Waals surface area contributed by atoms with E-state index >= 15 is 0 Å². The van der Waals surface area contributed by atoms with Crippen LogP contribution in [-0.2, 0) is 12.8 Å². The summed E-state index contributed by atoms with van der Waals surface area (Å²) < 4.78 is 0. The van der Waals surface area contributed by atoms with Crippen LogP contribution in [0.2, 0.25) is 0 Å². The van der Waals surface area contributed by atoms with E-state index in [1.807, 2.05) is 0 Å². The molecule has 0 radical (unpaired) electrons. The monoisotopic (exact) mass is 247 g/mol. The highest BCUT2D eigenvalue weighted by Gasteiger charge is 2.22. The standard InChI is InChI=1S/C18H17N/c1-3-10-16-13(6-1)8-5-9-15-12-14-7-2-4-11-17(14)19-18(15)16/h1-4,6-7,10-11,19H,5,8-9,12H2. The normalized spacial score (nSPS) is 16.8. The Morgan fingerprint density at radius 2 is 1.58 bits per heavy atom. The molecule has 1 heteroatoms. The Bertz CT molecular complexity index is 667. The predicted molar refractivity (Wildman–Crippen MR) is 80.1 cm³/mol. The van der Waals surface area contributed by atoms with E-state index in [1.54, 1.807) is 5.57 Å². The quantitative estimate of drug-likeness (QED) is 0.727. The van der Waals surface area contributed by atoms with Crippen molar-refractivity contribution in [2.75, 3.05) is 5.32 Å². The molecule has 0 amide bonds. The lowest BCUT2D eigenvalue weighted by molar-refractivity contribution is 0.804. The molecule has 1 aliphatic carbocycles. The molecular formula is C18H17N. The zero-order valence-corrected chi connectivity index (χ0v) is 10.9. The van der Waals surface area contributed by atoms with Gasteiger partial charge in [0.15, 0.2) is 0 Å². The van der Waals surface area contributed by atoms with Crippen LogP contribution < -0.4 is 5.32 Å². The van der Waals surface area contributed by atoms with Gasteiger partial charge in [-0.05, 0) is 48.4 Å². The summed E-state index contributed by atoms with van der Waals surface area (Å²) in [6.45, 7) is 0. The lowest BCUT2D eigenvalue weighted by atomic mass is 9.93. The topological polar surface area (TPSA) is 12.0 Å². The van der Waals surface area contributed by atoms with Gasteiger partial charge in [-0.3, -0.25) is 0 Å². The fraction of sp³-hybridized carbons (Fsp3) is 0.222. The largest absolute Gasteiger partial charge is 0.355 e. The van der Waals surface area contributed by atoms with Crippen LogP contribution in [0.25, 0.3) is 5.70 Å². The molecular weight excluding hydrogens is 230 g/mol. The van der Waals surface area contributed by atoms with Gasteiger partial charge in [-0.1, -0.05) is 42.5 Å². The molecule has 0 aromatic heterocycles. The lowest BCUT2D eigenvalue weighted by Crippen LogP contribution is -2.12. The maximum atomic E-state index is 3.67. The predicted octanol–water partition coefficient (Wildman–Crippen LogP) is 4.40. The van der Waals surface area contributed by atoms with Crippen LogP contribution >= 0.6 is 0 Å². The van der Waals surface area contributed by atoms with Crippen LogP contribution in [0.15, 0.2) is 54.1 Å². The van der Waals surface area contributed by atoms with E-state index in [0.29, 0.717) is 0 Å². The number of para-hydroxylation sites is 1. The highest BCUT2D eigenvalue weighted by molar-refractivity contribution is 5.85. The first kappa shape index (κ1) is 10.9. The van der Waals surface area contributed by atoms with Crippen molar-refractivity contribution in [2.24, 2.45) is 0 Å². The van der Waals surface area contributed by atoms with Crippen LogP contribution in [0, 0.1) is 0 Å². The van der Waals surface area contributed by atoms with Crippen molar-refractivity contribution in [2.45, 2.75) is 25.7 Å². The smallest absolute Gasteiger partial charge is 0.0456 e. The van der Waals surface area contributed by atoms with Crippen LogP contribution in [0.3, 0.4) is 0 Å². The highest BCUT2D eigenvalue weighted by atomic mass is 14.9. The molecule has 0 atom stereocenters. The minimum absolute atomic E-state index is 1.10. The molecule has 2 aliphatic rings. The van der Waals surface area contributed by atoms with E-state index in [4.69, 9.17) is 0 Å². The second kappa shape index (κ2) is 4.27. The lowest BCUT2D eigenvalue weighted by Gasteiger charge is -2.24. The van der Waals surface area contributed by atoms with Gasteiger partial charge in [0.05, 0.1) is 0 Å². The number of rotatable bonds is 0. The van der Waals surface area contributed by atoms with Crippen molar-refractivity contribution in [1.82, 2.24) is 0 Å². The second-order valence-electron chi connectivity index (χ2n) is 5.45. The number of allylic oxidation sites excluding steroid dienone is 1. The molecule has 0 spiro atoms. The molecule has 94 valence electrons. The highest BCUT2D eigenvalue weighted by Crippen LogP contribution is 2.37. The third-order valence-electron chi connectivity index (χ3n) is 4.25. The average Bonchev–Trinajstić information content (AvgIpc) is 2.64. The van der Waals surface area contributed by atoms with Gasteiger partial charge in [-0.2, -0.15) is 0 Å².